The highest BCUT2D eigenvalue weighted by molar-refractivity contribution is 6.54. The smallest absolute Gasteiger partial charge is 0.400 e. The molecule has 1 aliphatic carbocycles. The molecule has 0 aromatic rings. The Morgan fingerprint density at radius 2 is 1.53 bits per heavy atom. The molecule has 0 aromatic heterocycles. The fourth-order valence-electron chi connectivity index (χ4n) is 2.07. The minimum Gasteiger partial charge on any atom is -0.400 e. The van der Waals surface area contributed by atoms with Gasteiger partial charge in [-0.1, -0.05) is 19.9 Å². The van der Waals surface area contributed by atoms with Gasteiger partial charge < -0.3 is 9.31 Å². The molecule has 1 fully saturated rings. The normalized spacial score (nSPS) is 26.0. The van der Waals surface area contributed by atoms with Crippen LogP contribution in [-0.4, -0.2) is 18.3 Å². The molecule has 1 saturated heterocycles. The largest absolute Gasteiger partial charge is 0.490 e. The summed E-state index contributed by atoms with van der Waals surface area (Å²) in [4.78, 5) is 0. The van der Waals surface area contributed by atoms with Gasteiger partial charge in [0.1, 0.15) is 0 Å². The van der Waals surface area contributed by atoms with E-state index in [1.54, 1.807) is 0 Å². The highest BCUT2D eigenvalue weighted by Gasteiger charge is 2.52. The Balaban J connectivity index is 0.000000686. The van der Waals surface area contributed by atoms with Crippen molar-refractivity contribution >= 4 is 7.12 Å². The van der Waals surface area contributed by atoms with Crippen molar-refractivity contribution in [3.05, 3.63) is 11.5 Å². The first kappa shape index (κ1) is 14.8. The minimum atomic E-state index is -0.198. The van der Waals surface area contributed by atoms with Gasteiger partial charge in [0.25, 0.3) is 0 Å². The van der Waals surface area contributed by atoms with Gasteiger partial charge in [-0.15, -0.1) is 0 Å². The second kappa shape index (κ2) is 5.58. The molecule has 2 aliphatic rings. The Bertz CT molecular complexity index is 266. The van der Waals surface area contributed by atoms with Gasteiger partial charge in [0.2, 0.25) is 0 Å². The van der Waals surface area contributed by atoms with Crippen molar-refractivity contribution in [1.29, 1.82) is 0 Å². The molecule has 2 nitrogen and oxygen atoms in total. The standard InChI is InChI=1S/C12H21BO2.C2H6/c1-11(2)12(3,4)15-13(14-11)10-8-6-5-7-9-10;1-2/h8H,5-7,9H2,1-4H3;1-2H3. The van der Waals surface area contributed by atoms with E-state index in [4.69, 9.17) is 9.31 Å². The molecule has 0 atom stereocenters. The lowest BCUT2D eigenvalue weighted by molar-refractivity contribution is 0.00578. The highest BCUT2D eigenvalue weighted by atomic mass is 16.7. The van der Waals surface area contributed by atoms with Crippen LogP contribution >= 0.6 is 0 Å². The maximum atomic E-state index is 6.01. The van der Waals surface area contributed by atoms with Crippen LogP contribution in [0.15, 0.2) is 11.5 Å². The topological polar surface area (TPSA) is 18.5 Å². The lowest BCUT2D eigenvalue weighted by Crippen LogP contribution is -2.41. The van der Waals surface area contributed by atoms with Gasteiger partial charge >= 0.3 is 7.12 Å². The van der Waals surface area contributed by atoms with E-state index in [-0.39, 0.29) is 18.3 Å². The highest BCUT2D eigenvalue weighted by Crippen LogP contribution is 2.39. The molecule has 0 radical (unpaired) electrons. The van der Waals surface area contributed by atoms with Crippen molar-refractivity contribution in [2.75, 3.05) is 0 Å². The quantitative estimate of drug-likeness (QED) is 0.639. The van der Waals surface area contributed by atoms with Crippen molar-refractivity contribution in [1.82, 2.24) is 0 Å². The van der Waals surface area contributed by atoms with Gasteiger partial charge in [-0.05, 0) is 58.9 Å². The van der Waals surface area contributed by atoms with Crippen molar-refractivity contribution in [2.45, 2.75) is 78.4 Å². The summed E-state index contributed by atoms with van der Waals surface area (Å²) in [5.41, 5.74) is 0.950. The first-order chi connectivity index (χ1) is 7.92. The first-order valence-corrected chi connectivity index (χ1v) is 6.97. The summed E-state index contributed by atoms with van der Waals surface area (Å²) >= 11 is 0. The summed E-state index contributed by atoms with van der Waals surface area (Å²) in [7, 11) is -0.102. The van der Waals surface area contributed by atoms with E-state index < -0.39 is 0 Å². The van der Waals surface area contributed by atoms with Crippen molar-refractivity contribution in [3.63, 3.8) is 0 Å². The fraction of sp³-hybridized carbons (Fsp3) is 0.857. The zero-order valence-electron chi connectivity index (χ0n) is 12.3. The van der Waals surface area contributed by atoms with Crippen LogP contribution in [-0.2, 0) is 9.31 Å². The maximum absolute atomic E-state index is 6.01. The Kier molecular flexibility index (Phi) is 4.85. The van der Waals surface area contributed by atoms with Crippen molar-refractivity contribution < 1.29 is 9.31 Å². The van der Waals surface area contributed by atoms with Crippen LogP contribution in [0.2, 0.25) is 0 Å². The zero-order chi connectivity index (χ0) is 13.1. The molecule has 0 spiro atoms. The van der Waals surface area contributed by atoms with Crippen LogP contribution in [0.4, 0.5) is 0 Å². The maximum Gasteiger partial charge on any atom is 0.490 e. The first-order valence-electron chi connectivity index (χ1n) is 6.97. The minimum absolute atomic E-state index is 0.102. The van der Waals surface area contributed by atoms with E-state index in [2.05, 4.69) is 33.8 Å². The van der Waals surface area contributed by atoms with E-state index in [1.807, 2.05) is 13.8 Å². The predicted octanol–water partition coefficient (Wildman–Crippen LogP) is 4.14. The van der Waals surface area contributed by atoms with Crippen LogP contribution in [0.3, 0.4) is 0 Å². The van der Waals surface area contributed by atoms with Crippen LogP contribution in [0.5, 0.6) is 0 Å². The molecule has 17 heavy (non-hydrogen) atoms. The van der Waals surface area contributed by atoms with Gasteiger partial charge in [-0.2, -0.15) is 0 Å². The fourth-order valence-corrected chi connectivity index (χ4v) is 2.07. The van der Waals surface area contributed by atoms with Crippen LogP contribution < -0.4 is 0 Å². The summed E-state index contributed by atoms with van der Waals surface area (Å²) in [5.74, 6) is 0. The molecular formula is C14H27BO2. The van der Waals surface area contributed by atoms with Crippen molar-refractivity contribution in [2.24, 2.45) is 0 Å². The Labute approximate surface area is 107 Å². The molecular weight excluding hydrogens is 211 g/mol. The Hall–Kier alpha value is -0.275. The summed E-state index contributed by atoms with van der Waals surface area (Å²) in [5, 5.41) is 0. The van der Waals surface area contributed by atoms with Gasteiger partial charge in [-0.3, -0.25) is 0 Å². The third-order valence-electron chi connectivity index (χ3n) is 3.88. The number of rotatable bonds is 1. The number of hydrogen-bond donors (Lipinski definition) is 0. The molecule has 2 rings (SSSR count). The second-order valence-electron chi connectivity index (χ2n) is 5.61. The van der Waals surface area contributed by atoms with Crippen molar-refractivity contribution in [3.8, 4) is 0 Å². The molecule has 1 aliphatic heterocycles. The van der Waals surface area contributed by atoms with Gasteiger partial charge in [-0.25, -0.2) is 0 Å². The summed E-state index contributed by atoms with van der Waals surface area (Å²) < 4.78 is 12.0. The van der Waals surface area contributed by atoms with Gasteiger partial charge in [0.05, 0.1) is 11.2 Å². The molecule has 0 aromatic carbocycles. The molecule has 0 amide bonds. The Morgan fingerprint density at radius 3 is 1.94 bits per heavy atom. The molecule has 3 heteroatoms. The third kappa shape index (κ3) is 3.14. The third-order valence-corrected chi connectivity index (χ3v) is 3.88. The monoisotopic (exact) mass is 238 g/mol. The molecule has 0 bridgehead atoms. The van der Waals surface area contributed by atoms with E-state index >= 15 is 0 Å². The van der Waals surface area contributed by atoms with E-state index in [0.29, 0.717) is 0 Å². The molecule has 1 heterocycles. The number of allylic oxidation sites excluding steroid dienone is 2. The van der Waals surface area contributed by atoms with E-state index in [1.165, 1.54) is 24.7 Å². The summed E-state index contributed by atoms with van der Waals surface area (Å²) in [6, 6.07) is 0. The summed E-state index contributed by atoms with van der Waals surface area (Å²) in [6.45, 7) is 12.4. The van der Waals surface area contributed by atoms with E-state index in [9.17, 15) is 0 Å². The lowest BCUT2D eigenvalue weighted by Gasteiger charge is -2.32. The second-order valence-corrected chi connectivity index (χ2v) is 5.61. The van der Waals surface area contributed by atoms with Gasteiger partial charge in [0.15, 0.2) is 0 Å². The Morgan fingerprint density at radius 1 is 1.00 bits per heavy atom. The van der Waals surface area contributed by atoms with E-state index in [0.717, 1.165) is 6.42 Å². The number of hydrogen-bond acceptors (Lipinski definition) is 2. The van der Waals surface area contributed by atoms with Crippen LogP contribution in [0.1, 0.15) is 67.2 Å². The summed E-state index contributed by atoms with van der Waals surface area (Å²) in [6.07, 6.45) is 7.20. The molecule has 98 valence electrons. The molecule has 0 saturated carbocycles. The SMILES string of the molecule is CC.CC1(C)OB(C2=CCCCC2)OC1(C)C. The van der Waals surface area contributed by atoms with Crippen LogP contribution in [0, 0.1) is 0 Å². The average molecular weight is 238 g/mol. The van der Waals surface area contributed by atoms with Gasteiger partial charge in [0, 0.05) is 0 Å². The zero-order valence-corrected chi connectivity index (χ0v) is 12.3. The lowest BCUT2D eigenvalue weighted by atomic mass is 9.73. The molecule has 0 N–H and O–H groups in total. The predicted molar refractivity (Wildman–Crippen MR) is 74.0 cm³/mol. The molecule has 0 unspecified atom stereocenters. The van der Waals surface area contributed by atoms with Crippen LogP contribution in [0.25, 0.3) is 0 Å². The average Bonchev–Trinajstić information content (AvgIpc) is 2.52.